The summed E-state index contributed by atoms with van der Waals surface area (Å²) < 4.78 is 30.9. The molecule has 1 aromatic rings. The maximum atomic E-state index is 13.2. The molecule has 100 valence electrons. The van der Waals surface area contributed by atoms with Gasteiger partial charge in [0.05, 0.1) is 5.69 Å². The molecule has 0 atom stereocenters. The maximum absolute atomic E-state index is 13.2. The van der Waals surface area contributed by atoms with E-state index in [1.807, 2.05) is 6.92 Å². The molecule has 4 nitrogen and oxygen atoms in total. The second-order valence-electron chi connectivity index (χ2n) is 3.56. The zero-order valence-corrected chi connectivity index (χ0v) is 10.1. The molecule has 0 unspecified atom stereocenters. The average Bonchev–Trinajstić information content (AvgIpc) is 2.32. The molecule has 0 heterocycles. The summed E-state index contributed by atoms with van der Waals surface area (Å²) in [5.74, 6) is -1.49. The van der Waals surface area contributed by atoms with Crippen LogP contribution in [0, 0.1) is 11.6 Å². The number of ether oxygens (including phenoxy) is 1. The monoisotopic (exact) mass is 258 g/mol. The van der Waals surface area contributed by atoms with Gasteiger partial charge in [-0.25, -0.2) is 13.6 Å². The molecule has 6 heteroatoms. The minimum atomic E-state index is -0.806. The Morgan fingerprint density at radius 3 is 2.83 bits per heavy atom. The van der Waals surface area contributed by atoms with E-state index in [2.05, 4.69) is 10.6 Å². The van der Waals surface area contributed by atoms with Crippen molar-refractivity contribution in [3.63, 3.8) is 0 Å². The Balaban J connectivity index is 2.31. The highest BCUT2D eigenvalue weighted by molar-refractivity contribution is 5.89. The molecular formula is C12H16F2N2O2. The molecule has 0 aliphatic carbocycles. The molecule has 1 rings (SSSR count). The molecule has 0 radical (unpaired) electrons. The molecule has 0 spiro atoms. The van der Waals surface area contributed by atoms with Crippen LogP contribution < -0.4 is 10.6 Å². The SMILES string of the molecule is CCOCCCNC(=O)Nc1ccc(F)cc1F. The zero-order valence-electron chi connectivity index (χ0n) is 10.1. The van der Waals surface area contributed by atoms with E-state index in [0.717, 1.165) is 6.07 Å². The third-order valence-corrected chi connectivity index (χ3v) is 2.13. The van der Waals surface area contributed by atoms with Crippen molar-refractivity contribution in [2.45, 2.75) is 13.3 Å². The lowest BCUT2D eigenvalue weighted by Crippen LogP contribution is -2.30. The van der Waals surface area contributed by atoms with Crippen molar-refractivity contribution in [1.29, 1.82) is 0 Å². The van der Waals surface area contributed by atoms with Crippen molar-refractivity contribution >= 4 is 11.7 Å². The van der Waals surface area contributed by atoms with Gasteiger partial charge in [-0.05, 0) is 25.5 Å². The normalized spacial score (nSPS) is 10.2. The highest BCUT2D eigenvalue weighted by Crippen LogP contribution is 2.14. The first-order chi connectivity index (χ1) is 8.63. The second kappa shape index (κ2) is 7.60. The van der Waals surface area contributed by atoms with E-state index in [1.165, 1.54) is 6.07 Å². The van der Waals surface area contributed by atoms with Gasteiger partial charge in [0.15, 0.2) is 0 Å². The first-order valence-electron chi connectivity index (χ1n) is 5.71. The van der Waals surface area contributed by atoms with Crippen LogP contribution in [-0.4, -0.2) is 25.8 Å². The number of carbonyl (C=O) groups excluding carboxylic acids is 1. The summed E-state index contributed by atoms with van der Waals surface area (Å²) in [4.78, 5) is 11.4. The van der Waals surface area contributed by atoms with Crippen molar-refractivity contribution in [3.8, 4) is 0 Å². The van der Waals surface area contributed by atoms with Crippen molar-refractivity contribution in [2.24, 2.45) is 0 Å². The Morgan fingerprint density at radius 1 is 1.39 bits per heavy atom. The molecule has 18 heavy (non-hydrogen) atoms. The number of carbonyl (C=O) groups is 1. The average molecular weight is 258 g/mol. The summed E-state index contributed by atoms with van der Waals surface area (Å²) in [6.07, 6.45) is 0.674. The zero-order chi connectivity index (χ0) is 13.4. The van der Waals surface area contributed by atoms with Crippen LogP contribution in [-0.2, 0) is 4.74 Å². The van der Waals surface area contributed by atoms with E-state index < -0.39 is 17.7 Å². The fraction of sp³-hybridized carbons (Fsp3) is 0.417. The number of anilines is 1. The van der Waals surface area contributed by atoms with Crippen LogP contribution >= 0.6 is 0 Å². The van der Waals surface area contributed by atoms with Crippen molar-refractivity contribution < 1.29 is 18.3 Å². The minimum Gasteiger partial charge on any atom is -0.382 e. The first-order valence-corrected chi connectivity index (χ1v) is 5.71. The molecule has 0 aromatic heterocycles. The van der Waals surface area contributed by atoms with Crippen LogP contribution in [0.1, 0.15) is 13.3 Å². The number of nitrogens with one attached hydrogen (secondary N) is 2. The summed E-state index contributed by atoms with van der Waals surface area (Å²) >= 11 is 0. The molecular weight excluding hydrogens is 242 g/mol. The topological polar surface area (TPSA) is 50.4 Å². The van der Waals surface area contributed by atoms with Crippen LogP contribution in [0.25, 0.3) is 0 Å². The standard InChI is InChI=1S/C12H16F2N2O2/c1-2-18-7-3-6-15-12(17)16-11-5-4-9(13)8-10(11)14/h4-5,8H,2-3,6-7H2,1H3,(H2,15,16,17). The minimum absolute atomic E-state index is 0.0568. The Morgan fingerprint density at radius 2 is 2.17 bits per heavy atom. The Bertz CT molecular complexity index is 400. The first kappa shape index (κ1) is 14.4. The van der Waals surface area contributed by atoms with Crippen molar-refractivity contribution in [2.75, 3.05) is 25.1 Å². The smallest absolute Gasteiger partial charge is 0.319 e. The lowest BCUT2D eigenvalue weighted by atomic mass is 10.3. The largest absolute Gasteiger partial charge is 0.382 e. The van der Waals surface area contributed by atoms with Gasteiger partial charge in [0.2, 0.25) is 0 Å². The third-order valence-electron chi connectivity index (χ3n) is 2.13. The van der Waals surface area contributed by atoms with Gasteiger partial charge in [-0.1, -0.05) is 0 Å². The highest BCUT2D eigenvalue weighted by atomic mass is 19.1. The summed E-state index contributed by atoms with van der Waals surface area (Å²) in [7, 11) is 0. The van der Waals surface area contributed by atoms with Gasteiger partial charge >= 0.3 is 6.03 Å². The predicted molar refractivity (Wildman–Crippen MR) is 64.5 cm³/mol. The van der Waals surface area contributed by atoms with Crippen LogP contribution in [0.4, 0.5) is 19.3 Å². The van der Waals surface area contributed by atoms with E-state index in [9.17, 15) is 13.6 Å². The second-order valence-corrected chi connectivity index (χ2v) is 3.56. The van der Waals surface area contributed by atoms with Gasteiger partial charge in [0, 0.05) is 25.8 Å². The van der Waals surface area contributed by atoms with Gasteiger partial charge in [0.1, 0.15) is 11.6 Å². The maximum Gasteiger partial charge on any atom is 0.319 e. The number of halogens is 2. The summed E-state index contributed by atoms with van der Waals surface area (Å²) in [6, 6.07) is 2.43. The summed E-state index contributed by atoms with van der Waals surface area (Å²) in [5.41, 5.74) is -0.0568. The Kier molecular flexibility index (Phi) is 6.07. The van der Waals surface area contributed by atoms with E-state index in [4.69, 9.17) is 4.74 Å². The summed E-state index contributed by atoms with van der Waals surface area (Å²) in [6.45, 7) is 3.50. The number of hydrogen-bond acceptors (Lipinski definition) is 2. The molecule has 2 amide bonds. The van der Waals surface area contributed by atoms with Gasteiger partial charge in [0.25, 0.3) is 0 Å². The van der Waals surface area contributed by atoms with Crippen LogP contribution in [0.3, 0.4) is 0 Å². The van der Waals surface area contributed by atoms with Gasteiger partial charge < -0.3 is 15.4 Å². The lowest BCUT2D eigenvalue weighted by molar-refractivity contribution is 0.145. The fourth-order valence-corrected chi connectivity index (χ4v) is 1.28. The predicted octanol–water partition coefficient (Wildman–Crippen LogP) is 2.51. The molecule has 2 N–H and O–H groups in total. The van der Waals surface area contributed by atoms with E-state index in [-0.39, 0.29) is 5.69 Å². The van der Waals surface area contributed by atoms with Crippen LogP contribution in [0.15, 0.2) is 18.2 Å². The quantitative estimate of drug-likeness (QED) is 0.770. The van der Waals surface area contributed by atoms with E-state index in [0.29, 0.717) is 32.2 Å². The molecule has 0 saturated heterocycles. The number of hydrogen-bond donors (Lipinski definition) is 2. The molecule has 1 aromatic carbocycles. The number of rotatable bonds is 6. The van der Waals surface area contributed by atoms with Crippen molar-refractivity contribution in [3.05, 3.63) is 29.8 Å². The Hall–Kier alpha value is -1.69. The van der Waals surface area contributed by atoms with E-state index >= 15 is 0 Å². The number of amides is 2. The molecule has 0 fully saturated rings. The van der Waals surface area contributed by atoms with Crippen LogP contribution in [0.2, 0.25) is 0 Å². The number of benzene rings is 1. The summed E-state index contributed by atoms with van der Waals surface area (Å²) in [5, 5.41) is 4.84. The van der Waals surface area contributed by atoms with E-state index in [1.54, 1.807) is 0 Å². The van der Waals surface area contributed by atoms with Crippen molar-refractivity contribution in [1.82, 2.24) is 5.32 Å². The van der Waals surface area contributed by atoms with Gasteiger partial charge in [-0.3, -0.25) is 0 Å². The lowest BCUT2D eigenvalue weighted by Gasteiger charge is -2.08. The Labute approximate surface area is 104 Å². The van der Waals surface area contributed by atoms with Gasteiger partial charge in [-0.15, -0.1) is 0 Å². The molecule has 0 aliphatic rings. The number of urea groups is 1. The third kappa shape index (κ3) is 5.09. The highest BCUT2D eigenvalue weighted by Gasteiger charge is 2.06. The fourth-order valence-electron chi connectivity index (χ4n) is 1.28. The molecule has 0 saturated carbocycles. The van der Waals surface area contributed by atoms with Gasteiger partial charge in [-0.2, -0.15) is 0 Å². The molecule has 0 aliphatic heterocycles. The van der Waals surface area contributed by atoms with Crippen LogP contribution in [0.5, 0.6) is 0 Å². The molecule has 0 bridgehead atoms.